The van der Waals surface area contributed by atoms with Crippen LogP contribution >= 0.6 is 63.7 Å². The van der Waals surface area contributed by atoms with Gasteiger partial charge >= 0.3 is 0 Å². The van der Waals surface area contributed by atoms with Gasteiger partial charge < -0.3 is 4.57 Å². The first kappa shape index (κ1) is 15.1. The molecule has 0 radical (unpaired) electrons. The minimum Gasteiger partial charge on any atom is -0.326 e. The van der Waals surface area contributed by atoms with Crippen molar-refractivity contribution in [2.24, 2.45) is 0 Å². The topological polar surface area (TPSA) is 4.93 Å². The van der Waals surface area contributed by atoms with Gasteiger partial charge in [-0.3, -0.25) is 0 Å². The lowest BCUT2D eigenvalue weighted by Crippen LogP contribution is -2.03. The van der Waals surface area contributed by atoms with Crippen molar-refractivity contribution in [3.05, 3.63) is 44.8 Å². The maximum absolute atomic E-state index is 3.77. The van der Waals surface area contributed by atoms with Gasteiger partial charge in [0.1, 0.15) is 0 Å². The van der Waals surface area contributed by atoms with Gasteiger partial charge in [-0.25, -0.2) is 0 Å². The van der Waals surface area contributed by atoms with E-state index in [1.165, 1.54) is 27.4 Å². The number of fused-ring (bicyclic) bond motifs is 3. The predicted octanol–water partition coefficient (Wildman–Crippen LogP) is 6.92. The fourth-order valence-electron chi connectivity index (χ4n) is 2.65. The lowest BCUT2D eigenvalue weighted by Gasteiger charge is -2.14. The Morgan fingerprint density at radius 3 is 2.55 bits per heavy atom. The quantitative estimate of drug-likeness (QED) is 0.321. The van der Waals surface area contributed by atoms with Crippen molar-refractivity contribution in [2.45, 2.75) is 11.9 Å². The molecule has 0 saturated heterocycles. The summed E-state index contributed by atoms with van der Waals surface area (Å²) in [4.78, 5) is 0.219. The molecule has 2 aromatic carbocycles. The molecule has 20 heavy (non-hydrogen) atoms. The van der Waals surface area contributed by atoms with E-state index in [4.69, 9.17) is 0 Å². The van der Waals surface area contributed by atoms with Gasteiger partial charge in [-0.15, -0.1) is 0 Å². The summed E-state index contributed by atoms with van der Waals surface area (Å²) in [5.41, 5.74) is 3.76. The number of halogens is 4. The van der Waals surface area contributed by atoms with Gasteiger partial charge in [-0.2, -0.15) is 0 Å². The molecule has 0 saturated carbocycles. The zero-order valence-electron chi connectivity index (χ0n) is 10.6. The molecule has 1 atom stereocenters. The molecule has 0 aliphatic heterocycles. The van der Waals surface area contributed by atoms with Gasteiger partial charge in [0, 0.05) is 25.0 Å². The third-order valence-corrected chi connectivity index (χ3v) is 7.92. The van der Waals surface area contributed by atoms with E-state index in [0.717, 1.165) is 14.3 Å². The Labute approximate surface area is 151 Å². The fraction of sp³-hybridized carbons (Fsp3) is 0.200. The van der Waals surface area contributed by atoms with E-state index in [-0.39, 0.29) is 4.95 Å². The molecule has 3 aromatic rings. The SMILES string of the molecule is Cc1c(Br)c(Br)cc2c3ccccc3n(C(Br)CBr)c12. The van der Waals surface area contributed by atoms with Crippen LogP contribution in [-0.4, -0.2) is 9.90 Å². The maximum Gasteiger partial charge on any atom is 0.0991 e. The van der Waals surface area contributed by atoms with Crippen LogP contribution in [0.4, 0.5) is 0 Å². The zero-order chi connectivity index (χ0) is 14.4. The van der Waals surface area contributed by atoms with Crippen LogP contribution in [0.15, 0.2) is 39.3 Å². The molecule has 3 rings (SSSR count). The number of aromatic nitrogens is 1. The van der Waals surface area contributed by atoms with Gasteiger partial charge in [0.25, 0.3) is 0 Å². The van der Waals surface area contributed by atoms with Crippen LogP contribution in [0.2, 0.25) is 0 Å². The van der Waals surface area contributed by atoms with Crippen LogP contribution in [0.5, 0.6) is 0 Å². The summed E-state index contributed by atoms with van der Waals surface area (Å²) in [6.45, 7) is 2.15. The van der Waals surface area contributed by atoms with Gasteiger partial charge in [0.15, 0.2) is 0 Å². The molecule has 1 aromatic heterocycles. The summed E-state index contributed by atoms with van der Waals surface area (Å²) in [5.74, 6) is 0. The third kappa shape index (κ3) is 2.21. The Kier molecular flexibility index (Phi) is 4.33. The highest BCUT2D eigenvalue weighted by atomic mass is 79.9. The summed E-state index contributed by atoms with van der Waals surface area (Å²) in [6, 6.07) is 10.7. The van der Waals surface area contributed by atoms with Gasteiger partial charge in [-0.05, 0) is 56.5 Å². The average molecular weight is 525 g/mol. The Morgan fingerprint density at radius 2 is 1.85 bits per heavy atom. The van der Waals surface area contributed by atoms with E-state index in [1.807, 2.05) is 0 Å². The van der Waals surface area contributed by atoms with Crippen LogP contribution in [0, 0.1) is 6.92 Å². The van der Waals surface area contributed by atoms with E-state index in [1.54, 1.807) is 0 Å². The van der Waals surface area contributed by atoms with Crippen LogP contribution in [0.1, 0.15) is 10.5 Å². The number of aryl methyl sites for hydroxylation is 1. The molecule has 1 nitrogen and oxygen atoms in total. The summed E-state index contributed by atoms with van der Waals surface area (Å²) in [5, 5.41) is 3.41. The predicted molar refractivity (Wildman–Crippen MR) is 101 cm³/mol. The minimum atomic E-state index is 0.219. The van der Waals surface area contributed by atoms with E-state index in [9.17, 15) is 0 Å². The molecular formula is C15H11Br4N. The molecule has 1 unspecified atom stereocenters. The second-order valence-electron chi connectivity index (χ2n) is 4.67. The molecule has 0 bridgehead atoms. The van der Waals surface area contributed by atoms with Gasteiger partial charge in [-0.1, -0.05) is 50.1 Å². The molecule has 5 heteroatoms. The van der Waals surface area contributed by atoms with Crippen LogP contribution in [0.25, 0.3) is 21.8 Å². The molecule has 0 spiro atoms. The maximum atomic E-state index is 3.77. The normalized spacial score (nSPS) is 13.2. The number of rotatable bonds is 2. The largest absolute Gasteiger partial charge is 0.326 e. The first-order valence-corrected chi connectivity index (χ1v) is 9.75. The van der Waals surface area contributed by atoms with Crippen molar-refractivity contribution in [1.29, 1.82) is 0 Å². The lowest BCUT2D eigenvalue weighted by molar-refractivity contribution is 0.829. The monoisotopic (exact) mass is 521 g/mol. The van der Waals surface area contributed by atoms with E-state index >= 15 is 0 Å². The van der Waals surface area contributed by atoms with Crippen molar-refractivity contribution in [1.82, 2.24) is 4.57 Å². The van der Waals surface area contributed by atoms with E-state index < -0.39 is 0 Å². The molecular weight excluding hydrogens is 514 g/mol. The Hall–Kier alpha value is 0.160. The summed E-state index contributed by atoms with van der Waals surface area (Å²) in [7, 11) is 0. The number of alkyl halides is 2. The number of benzene rings is 2. The Balaban J connectivity index is 2.59. The van der Waals surface area contributed by atoms with Crippen LogP contribution in [0.3, 0.4) is 0 Å². The smallest absolute Gasteiger partial charge is 0.0991 e. The van der Waals surface area contributed by atoms with Gasteiger partial charge in [0.2, 0.25) is 0 Å². The van der Waals surface area contributed by atoms with Crippen molar-refractivity contribution in [3.63, 3.8) is 0 Å². The number of hydrogen-bond acceptors (Lipinski definition) is 0. The minimum absolute atomic E-state index is 0.219. The first-order valence-electron chi connectivity index (χ1n) is 6.13. The van der Waals surface area contributed by atoms with Crippen molar-refractivity contribution in [2.75, 3.05) is 5.33 Å². The number of hydrogen-bond donors (Lipinski definition) is 0. The molecule has 0 N–H and O–H groups in total. The number of para-hydroxylation sites is 1. The summed E-state index contributed by atoms with van der Waals surface area (Å²) >= 11 is 14.7. The molecule has 0 fully saturated rings. The van der Waals surface area contributed by atoms with E-state index in [2.05, 4.69) is 106 Å². The summed E-state index contributed by atoms with van der Waals surface area (Å²) in [6.07, 6.45) is 0. The average Bonchev–Trinajstić information content (AvgIpc) is 2.79. The highest BCUT2D eigenvalue weighted by Gasteiger charge is 2.19. The number of nitrogens with zero attached hydrogens (tertiary/aromatic N) is 1. The molecule has 104 valence electrons. The zero-order valence-corrected chi connectivity index (χ0v) is 17.0. The third-order valence-electron chi connectivity index (χ3n) is 3.52. The van der Waals surface area contributed by atoms with Crippen molar-refractivity contribution < 1.29 is 0 Å². The van der Waals surface area contributed by atoms with Gasteiger partial charge in [0.05, 0.1) is 16.0 Å². The Bertz CT molecular complexity index is 807. The van der Waals surface area contributed by atoms with Crippen LogP contribution < -0.4 is 0 Å². The summed E-state index contributed by atoms with van der Waals surface area (Å²) < 4.78 is 4.56. The van der Waals surface area contributed by atoms with E-state index in [0.29, 0.717) is 0 Å². The van der Waals surface area contributed by atoms with Crippen molar-refractivity contribution in [3.8, 4) is 0 Å². The molecule has 1 heterocycles. The second-order valence-corrected chi connectivity index (χ2v) is 8.02. The molecule has 0 aliphatic carbocycles. The second kappa shape index (κ2) is 5.75. The standard InChI is InChI=1S/C15H11Br4N/c1-8-14(19)11(17)6-10-9-4-2-3-5-12(9)20(15(8)10)13(18)7-16/h2-6,13H,7H2,1H3. The highest BCUT2D eigenvalue weighted by molar-refractivity contribution is 9.13. The molecule has 0 amide bonds. The fourth-order valence-corrected chi connectivity index (χ4v) is 4.19. The highest BCUT2D eigenvalue weighted by Crippen LogP contribution is 2.41. The first-order chi connectivity index (χ1) is 9.56. The Morgan fingerprint density at radius 1 is 1.15 bits per heavy atom. The van der Waals surface area contributed by atoms with Crippen molar-refractivity contribution >= 4 is 85.5 Å². The lowest BCUT2D eigenvalue weighted by atomic mass is 10.1. The molecule has 0 aliphatic rings. The van der Waals surface area contributed by atoms with Crippen LogP contribution in [-0.2, 0) is 0 Å².